The van der Waals surface area contributed by atoms with E-state index < -0.39 is 47.5 Å². The number of carbonyl (C=O) groups is 6. The van der Waals surface area contributed by atoms with E-state index in [-0.39, 0.29) is 37.2 Å². The van der Waals surface area contributed by atoms with Gasteiger partial charge in [-0.3, -0.25) is 28.8 Å². The van der Waals surface area contributed by atoms with Gasteiger partial charge in [0.15, 0.2) is 11.6 Å². The van der Waals surface area contributed by atoms with Crippen molar-refractivity contribution in [3.63, 3.8) is 0 Å². The van der Waals surface area contributed by atoms with Crippen LogP contribution >= 0.6 is 0 Å². The van der Waals surface area contributed by atoms with Crippen LogP contribution in [-0.2, 0) is 38.2 Å². The molecule has 0 spiro atoms. The molecule has 0 fully saturated rings. The molecule has 0 aromatic heterocycles. The lowest BCUT2D eigenvalue weighted by atomic mass is 10.0. The lowest BCUT2D eigenvalue weighted by molar-refractivity contribution is -0.158. The van der Waals surface area contributed by atoms with Crippen LogP contribution in [0.25, 0.3) is 0 Å². The first kappa shape index (κ1) is 28.6. The smallest absolute Gasteiger partial charge is 0.313 e. The lowest BCUT2D eigenvalue weighted by Gasteiger charge is -2.19. The highest BCUT2D eigenvalue weighted by atomic mass is 16.6. The van der Waals surface area contributed by atoms with Gasteiger partial charge in [-0.15, -0.1) is 0 Å². The second-order valence-corrected chi connectivity index (χ2v) is 9.60. The Hall–Kier alpha value is -2.38. The van der Waals surface area contributed by atoms with Gasteiger partial charge in [0.1, 0.15) is 35.6 Å². The van der Waals surface area contributed by atoms with Gasteiger partial charge in [0.05, 0.1) is 12.8 Å². The molecule has 0 aliphatic rings. The Balaban J connectivity index is 3.95. The molecule has 31 heavy (non-hydrogen) atoms. The molecule has 0 aromatic rings. The summed E-state index contributed by atoms with van der Waals surface area (Å²) < 4.78 is 10.1. The van der Waals surface area contributed by atoms with Gasteiger partial charge < -0.3 is 9.47 Å². The van der Waals surface area contributed by atoms with Crippen molar-refractivity contribution in [2.45, 2.75) is 111 Å². The van der Waals surface area contributed by atoms with Gasteiger partial charge >= 0.3 is 11.9 Å². The van der Waals surface area contributed by atoms with Crippen LogP contribution in [0.5, 0.6) is 0 Å². The molecule has 0 amide bonds. The molecule has 0 heterocycles. The second-order valence-electron chi connectivity index (χ2n) is 9.60. The van der Waals surface area contributed by atoms with Crippen LogP contribution in [0.15, 0.2) is 0 Å². The molecule has 0 atom stereocenters. The number of hydrogen-bond acceptors (Lipinski definition) is 8. The van der Waals surface area contributed by atoms with Crippen molar-refractivity contribution in [1.29, 1.82) is 0 Å². The SMILES string of the molecule is CC(C)(C)OC(=O)CC(=O)CC(=O)CCCCCC(=O)CC(=O)CC(=O)OC(C)(C)C. The van der Waals surface area contributed by atoms with Crippen molar-refractivity contribution in [2.24, 2.45) is 0 Å². The number of unbranched alkanes of at least 4 members (excludes halogenated alkanes) is 2. The monoisotopic (exact) mass is 440 g/mol. The molecule has 0 N–H and O–H groups in total. The van der Waals surface area contributed by atoms with E-state index in [0.717, 1.165) is 0 Å². The maximum atomic E-state index is 11.8. The maximum Gasteiger partial charge on any atom is 0.313 e. The van der Waals surface area contributed by atoms with Crippen molar-refractivity contribution in [2.75, 3.05) is 0 Å². The van der Waals surface area contributed by atoms with Gasteiger partial charge in [-0.25, -0.2) is 0 Å². The third-order valence-corrected chi connectivity index (χ3v) is 3.72. The Morgan fingerprint density at radius 1 is 0.484 bits per heavy atom. The van der Waals surface area contributed by atoms with Gasteiger partial charge in [-0.05, 0) is 54.4 Å². The summed E-state index contributed by atoms with van der Waals surface area (Å²) >= 11 is 0. The first-order valence-electron chi connectivity index (χ1n) is 10.6. The quantitative estimate of drug-likeness (QED) is 0.229. The average Bonchev–Trinajstić information content (AvgIpc) is 2.49. The van der Waals surface area contributed by atoms with Gasteiger partial charge in [-0.2, -0.15) is 0 Å². The predicted molar refractivity (Wildman–Crippen MR) is 113 cm³/mol. The third-order valence-electron chi connectivity index (χ3n) is 3.72. The van der Waals surface area contributed by atoms with E-state index >= 15 is 0 Å². The number of Topliss-reactive ketones (excluding diaryl/α,β-unsaturated/α-hetero) is 4. The lowest BCUT2D eigenvalue weighted by Crippen LogP contribution is -2.25. The molecule has 0 unspecified atom stereocenters. The van der Waals surface area contributed by atoms with Gasteiger partial charge in [0.2, 0.25) is 0 Å². The average molecular weight is 441 g/mol. The van der Waals surface area contributed by atoms with Crippen molar-refractivity contribution >= 4 is 35.1 Å². The van der Waals surface area contributed by atoms with Crippen LogP contribution in [0.3, 0.4) is 0 Å². The van der Waals surface area contributed by atoms with E-state index in [1.165, 1.54) is 0 Å². The highest BCUT2D eigenvalue weighted by Gasteiger charge is 2.21. The van der Waals surface area contributed by atoms with E-state index in [0.29, 0.717) is 19.3 Å². The van der Waals surface area contributed by atoms with E-state index in [1.54, 1.807) is 41.5 Å². The van der Waals surface area contributed by atoms with Gasteiger partial charge in [0, 0.05) is 12.8 Å². The molecule has 0 rings (SSSR count). The third kappa shape index (κ3) is 18.1. The second kappa shape index (κ2) is 13.1. The molecule has 0 saturated carbocycles. The summed E-state index contributed by atoms with van der Waals surface area (Å²) in [4.78, 5) is 70.3. The summed E-state index contributed by atoms with van der Waals surface area (Å²) in [5.41, 5.74) is -1.36. The molecular weight excluding hydrogens is 404 g/mol. The standard InChI is InChI=1S/C23H36O8/c1-22(2,3)30-20(28)14-18(26)12-16(24)10-8-7-9-11-17(25)13-19(27)15-21(29)31-23(4,5)6/h7-15H2,1-6H3. The van der Waals surface area contributed by atoms with E-state index in [4.69, 9.17) is 9.47 Å². The van der Waals surface area contributed by atoms with Crippen LogP contribution in [-0.4, -0.2) is 46.3 Å². The molecule has 0 aliphatic carbocycles. The molecule has 0 saturated heterocycles. The largest absolute Gasteiger partial charge is 0.460 e. The highest BCUT2D eigenvalue weighted by Crippen LogP contribution is 2.12. The van der Waals surface area contributed by atoms with Crippen LogP contribution in [0.4, 0.5) is 0 Å². The van der Waals surface area contributed by atoms with Crippen molar-refractivity contribution < 1.29 is 38.2 Å². The highest BCUT2D eigenvalue weighted by molar-refractivity contribution is 6.06. The number of rotatable bonds is 14. The number of hydrogen-bond donors (Lipinski definition) is 0. The molecule has 0 aromatic carbocycles. The first-order valence-corrected chi connectivity index (χ1v) is 10.6. The van der Waals surface area contributed by atoms with E-state index in [2.05, 4.69) is 0 Å². The number of ether oxygens (including phenoxy) is 2. The molecule has 0 radical (unpaired) electrons. The van der Waals surface area contributed by atoms with Gasteiger partial charge in [0.25, 0.3) is 0 Å². The fourth-order valence-electron chi connectivity index (χ4n) is 2.64. The number of esters is 2. The topological polar surface area (TPSA) is 121 Å². The Kier molecular flexibility index (Phi) is 12.1. The van der Waals surface area contributed by atoms with E-state index in [1.807, 2.05) is 0 Å². The molecular formula is C23H36O8. The van der Waals surface area contributed by atoms with E-state index in [9.17, 15) is 28.8 Å². The fourth-order valence-corrected chi connectivity index (χ4v) is 2.64. The summed E-state index contributed by atoms with van der Waals surface area (Å²) in [6.07, 6.45) is 0.531. The Morgan fingerprint density at radius 3 is 1.10 bits per heavy atom. The Morgan fingerprint density at radius 2 is 0.806 bits per heavy atom. The molecule has 8 nitrogen and oxygen atoms in total. The minimum atomic E-state index is -0.681. The fraction of sp³-hybridized carbons (Fsp3) is 0.739. The summed E-state index contributed by atoms with van der Waals surface area (Å²) in [7, 11) is 0. The van der Waals surface area contributed by atoms with Crippen LogP contribution in [0.2, 0.25) is 0 Å². The first-order chi connectivity index (χ1) is 14.1. The summed E-state index contributed by atoms with van der Waals surface area (Å²) in [5.74, 6) is -2.76. The molecule has 8 heteroatoms. The predicted octanol–water partition coefficient (Wildman–Crippen LogP) is 3.46. The summed E-state index contributed by atoms with van der Waals surface area (Å²) in [6.45, 7) is 10.2. The number of ketones is 4. The molecule has 0 aliphatic heterocycles. The zero-order chi connectivity index (χ0) is 24.2. The van der Waals surface area contributed by atoms with Crippen molar-refractivity contribution in [1.82, 2.24) is 0 Å². The van der Waals surface area contributed by atoms with Crippen LogP contribution in [0, 0.1) is 0 Å². The zero-order valence-corrected chi connectivity index (χ0v) is 19.6. The Bertz CT molecular complexity index is 619. The molecule has 0 bridgehead atoms. The Labute approximate surface area is 184 Å². The van der Waals surface area contributed by atoms with Crippen LogP contribution < -0.4 is 0 Å². The van der Waals surface area contributed by atoms with Crippen molar-refractivity contribution in [3.8, 4) is 0 Å². The minimum Gasteiger partial charge on any atom is -0.460 e. The minimum absolute atomic E-state index is 0.186. The summed E-state index contributed by atoms with van der Waals surface area (Å²) in [6, 6.07) is 0. The number of carbonyl (C=O) groups excluding carboxylic acids is 6. The maximum absolute atomic E-state index is 11.8. The molecule has 176 valence electrons. The summed E-state index contributed by atoms with van der Waals surface area (Å²) in [5, 5.41) is 0. The van der Waals surface area contributed by atoms with Crippen LogP contribution in [0.1, 0.15) is 99.3 Å². The zero-order valence-electron chi connectivity index (χ0n) is 19.6. The van der Waals surface area contributed by atoms with Gasteiger partial charge in [-0.1, -0.05) is 6.42 Å². The normalized spacial score (nSPS) is 11.5. The van der Waals surface area contributed by atoms with Crippen molar-refractivity contribution in [3.05, 3.63) is 0 Å².